The van der Waals surface area contributed by atoms with Gasteiger partial charge in [0.25, 0.3) is 10.0 Å². The predicted octanol–water partition coefficient (Wildman–Crippen LogP) is 0.804. The van der Waals surface area contributed by atoms with Crippen molar-refractivity contribution in [2.75, 3.05) is 0 Å². The number of amides is 2. The van der Waals surface area contributed by atoms with Crippen molar-refractivity contribution in [2.24, 2.45) is 5.73 Å². The number of benzene rings is 1. The third-order valence-corrected chi connectivity index (χ3v) is 4.08. The second kappa shape index (κ2) is 5.82. The molecule has 0 aliphatic rings. The number of urea groups is 1. The summed E-state index contributed by atoms with van der Waals surface area (Å²) in [5.74, 6) is -1.11. The highest BCUT2D eigenvalue weighted by molar-refractivity contribution is 7.90. The Balaban J connectivity index is 2.35. The molecule has 0 atom stereocenters. The Morgan fingerprint density at radius 2 is 1.73 bits per heavy atom. The molecule has 9 heteroatoms. The van der Waals surface area contributed by atoms with Crippen LogP contribution in [0.1, 0.15) is 10.4 Å². The number of primary amides is 1. The number of nitrogens with zero attached hydrogens (tertiary/aromatic N) is 1. The molecule has 0 aliphatic heterocycles. The normalized spacial score (nSPS) is 10.9. The van der Waals surface area contributed by atoms with E-state index in [0.717, 1.165) is 0 Å². The summed E-state index contributed by atoms with van der Waals surface area (Å²) in [7, 11) is -4.01. The molecule has 0 saturated heterocycles. The first-order chi connectivity index (χ1) is 10.3. The molecule has 114 valence electrons. The summed E-state index contributed by atoms with van der Waals surface area (Å²) in [4.78, 5) is 25.2. The van der Waals surface area contributed by atoms with Gasteiger partial charge < -0.3 is 10.8 Å². The van der Waals surface area contributed by atoms with E-state index in [4.69, 9.17) is 10.8 Å². The molecule has 22 heavy (non-hydrogen) atoms. The molecule has 0 unspecified atom stereocenters. The minimum Gasteiger partial charge on any atom is -0.478 e. The Morgan fingerprint density at radius 3 is 2.27 bits per heavy atom. The van der Waals surface area contributed by atoms with Crippen molar-refractivity contribution in [1.82, 2.24) is 9.71 Å². The largest absolute Gasteiger partial charge is 0.478 e. The molecule has 2 amide bonds. The van der Waals surface area contributed by atoms with Crippen LogP contribution < -0.4 is 10.5 Å². The zero-order valence-electron chi connectivity index (χ0n) is 11.1. The van der Waals surface area contributed by atoms with Crippen molar-refractivity contribution < 1.29 is 23.1 Å². The van der Waals surface area contributed by atoms with Gasteiger partial charge in [0.2, 0.25) is 0 Å². The van der Waals surface area contributed by atoms with Crippen LogP contribution in [0.15, 0.2) is 47.6 Å². The number of aromatic nitrogens is 1. The average molecular weight is 321 g/mol. The summed E-state index contributed by atoms with van der Waals surface area (Å²) in [6, 6.07) is 5.72. The van der Waals surface area contributed by atoms with Gasteiger partial charge in [0, 0.05) is 18.0 Å². The van der Waals surface area contributed by atoms with Crippen molar-refractivity contribution in [2.45, 2.75) is 4.90 Å². The minimum absolute atomic E-state index is 0.0181. The van der Waals surface area contributed by atoms with E-state index >= 15 is 0 Å². The summed E-state index contributed by atoms with van der Waals surface area (Å²) in [5.41, 5.74) is 5.90. The van der Waals surface area contributed by atoms with E-state index in [0.29, 0.717) is 11.1 Å². The lowest BCUT2D eigenvalue weighted by atomic mass is 10.1. The van der Waals surface area contributed by atoms with Gasteiger partial charge in [-0.3, -0.25) is 4.98 Å². The van der Waals surface area contributed by atoms with Crippen molar-refractivity contribution in [3.05, 3.63) is 48.3 Å². The number of rotatable bonds is 4. The molecule has 1 aromatic carbocycles. The highest BCUT2D eigenvalue weighted by atomic mass is 32.2. The average Bonchev–Trinajstić information content (AvgIpc) is 2.46. The molecule has 0 bridgehead atoms. The van der Waals surface area contributed by atoms with Crippen molar-refractivity contribution in [3.8, 4) is 11.1 Å². The van der Waals surface area contributed by atoms with Crippen LogP contribution in [0.3, 0.4) is 0 Å². The zero-order valence-corrected chi connectivity index (χ0v) is 11.9. The van der Waals surface area contributed by atoms with E-state index in [1.165, 1.54) is 42.7 Å². The third kappa shape index (κ3) is 3.38. The second-order valence-corrected chi connectivity index (χ2v) is 5.94. The van der Waals surface area contributed by atoms with Gasteiger partial charge in [-0.15, -0.1) is 0 Å². The van der Waals surface area contributed by atoms with Gasteiger partial charge >= 0.3 is 12.0 Å². The number of carboxylic acid groups (broad SMARTS) is 1. The Bertz CT molecular complexity index is 831. The molecule has 2 aromatic rings. The number of carbonyl (C=O) groups is 2. The second-order valence-electron chi connectivity index (χ2n) is 4.26. The maximum Gasteiger partial charge on any atom is 0.337 e. The minimum atomic E-state index is -4.01. The van der Waals surface area contributed by atoms with Gasteiger partial charge in [-0.05, 0) is 23.8 Å². The number of sulfonamides is 1. The van der Waals surface area contributed by atoms with E-state index in [9.17, 15) is 18.0 Å². The lowest BCUT2D eigenvalue weighted by Crippen LogP contribution is -2.34. The molecule has 0 fully saturated rings. The van der Waals surface area contributed by atoms with Crippen LogP contribution in [0, 0.1) is 0 Å². The van der Waals surface area contributed by atoms with Crippen molar-refractivity contribution in [3.63, 3.8) is 0 Å². The maximum absolute atomic E-state index is 11.7. The van der Waals surface area contributed by atoms with Crippen molar-refractivity contribution in [1.29, 1.82) is 0 Å². The molecule has 0 spiro atoms. The van der Waals surface area contributed by atoms with Gasteiger partial charge in [0.15, 0.2) is 0 Å². The van der Waals surface area contributed by atoms with Crippen LogP contribution in [0.4, 0.5) is 4.79 Å². The molecule has 1 heterocycles. The first kappa shape index (κ1) is 15.4. The quantitative estimate of drug-likeness (QED) is 0.761. The van der Waals surface area contributed by atoms with E-state index in [-0.39, 0.29) is 10.5 Å². The number of hydrogen-bond acceptors (Lipinski definition) is 5. The number of aromatic carboxylic acids is 1. The van der Waals surface area contributed by atoms with Gasteiger partial charge in [-0.1, -0.05) is 12.1 Å². The summed E-state index contributed by atoms with van der Waals surface area (Å²) in [6.45, 7) is 0. The first-order valence-corrected chi connectivity index (χ1v) is 7.39. The summed E-state index contributed by atoms with van der Waals surface area (Å²) >= 11 is 0. The van der Waals surface area contributed by atoms with Crippen LogP contribution in [0.5, 0.6) is 0 Å². The molecule has 2 rings (SSSR count). The molecule has 8 nitrogen and oxygen atoms in total. The first-order valence-electron chi connectivity index (χ1n) is 5.90. The number of carboxylic acids is 1. The molecule has 1 aromatic heterocycles. The number of hydrogen-bond donors (Lipinski definition) is 3. The molecule has 0 saturated carbocycles. The number of pyridine rings is 1. The number of nitrogens with one attached hydrogen (secondary N) is 1. The van der Waals surface area contributed by atoms with Gasteiger partial charge in [0.1, 0.15) is 0 Å². The Labute approximate surface area is 125 Å². The Hall–Kier alpha value is -2.94. The van der Waals surface area contributed by atoms with Crippen LogP contribution in [0.25, 0.3) is 11.1 Å². The van der Waals surface area contributed by atoms with E-state index in [2.05, 4.69) is 4.98 Å². The van der Waals surface area contributed by atoms with Crippen LogP contribution in [0.2, 0.25) is 0 Å². The molecule has 0 aliphatic carbocycles. The molecular formula is C13H11N3O5S. The van der Waals surface area contributed by atoms with E-state index in [1.807, 2.05) is 0 Å². The molecule has 4 N–H and O–H groups in total. The topological polar surface area (TPSA) is 139 Å². The van der Waals surface area contributed by atoms with Gasteiger partial charge in [-0.25, -0.2) is 22.7 Å². The van der Waals surface area contributed by atoms with Gasteiger partial charge in [0.05, 0.1) is 10.5 Å². The Morgan fingerprint density at radius 1 is 1.09 bits per heavy atom. The van der Waals surface area contributed by atoms with Crippen molar-refractivity contribution >= 4 is 22.0 Å². The Kier molecular flexibility index (Phi) is 4.08. The fourth-order valence-corrected chi connectivity index (χ4v) is 2.61. The lowest BCUT2D eigenvalue weighted by Gasteiger charge is -2.06. The summed E-state index contributed by atoms with van der Waals surface area (Å²) in [6.07, 6.45) is 2.67. The SMILES string of the molecule is NC(=O)NS(=O)(=O)c1ccc(-c2cncc(C(=O)O)c2)cc1. The molecular weight excluding hydrogens is 310 g/mol. The van der Waals surface area contributed by atoms with Gasteiger partial charge in [-0.2, -0.15) is 0 Å². The smallest absolute Gasteiger partial charge is 0.337 e. The standard InChI is InChI=1S/C13H11N3O5S/c14-13(19)16-22(20,21)11-3-1-8(2-4-11)9-5-10(12(17)18)7-15-6-9/h1-7H,(H,17,18)(H3,14,16,19). The summed E-state index contributed by atoms with van der Waals surface area (Å²) < 4.78 is 25.1. The maximum atomic E-state index is 11.7. The number of carbonyl (C=O) groups excluding carboxylic acids is 1. The van der Waals surface area contributed by atoms with E-state index in [1.54, 1.807) is 4.72 Å². The van der Waals surface area contributed by atoms with Crippen LogP contribution >= 0.6 is 0 Å². The predicted molar refractivity (Wildman–Crippen MR) is 76.5 cm³/mol. The number of nitrogens with two attached hydrogens (primary N) is 1. The zero-order chi connectivity index (χ0) is 16.3. The summed E-state index contributed by atoms with van der Waals surface area (Å²) in [5, 5.41) is 8.92. The third-order valence-electron chi connectivity index (χ3n) is 2.72. The highest BCUT2D eigenvalue weighted by Crippen LogP contribution is 2.21. The molecule has 0 radical (unpaired) electrons. The van der Waals surface area contributed by atoms with E-state index < -0.39 is 22.0 Å². The lowest BCUT2D eigenvalue weighted by molar-refractivity contribution is 0.0696. The highest BCUT2D eigenvalue weighted by Gasteiger charge is 2.15. The fourth-order valence-electron chi connectivity index (χ4n) is 1.73. The monoisotopic (exact) mass is 321 g/mol. The van der Waals surface area contributed by atoms with Crippen LogP contribution in [-0.4, -0.2) is 30.5 Å². The fraction of sp³-hybridized carbons (Fsp3) is 0. The van der Waals surface area contributed by atoms with Crippen LogP contribution in [-0.2, 0) is 10.0 Å².